The van der Waals surface area contributed by atoms with Gasteiger partial charge in [0, 0.05) is 25.9 Å². The molecular formula is C8H15NO. The third-order valence-electron chi connectivity index (χ3n) is 2.05. The highest BCUT2D eigenvalue weighted by Gasteiger charge is 2.24. The lowest BCUT2D eigenvalue weighted by Gasteiger charge is -2.35. The van der Waals surface area contributed by atoms with E-state index >= 15 is 0 Å². The smallest absolute Gasteiger partial charge is 0.133 e. The van der Waals surface area contributed by atoms with Crippen molar-refractivity contribution in [2.75, 3.05) is 20.1 Å². The van der Waals surface area contributed by atoms with Gasteiger partial charge >= 0.3 is 0 Å². The topological polar surface area (TPSA) is 20.3 Å². The van der Waals surface area contributed by atoms with E-state index in [0.29, 0.717) is 18.1 Å². The number of ketones is 1. The van der Waals surface area contributed by atoms with E-state index in [-0.39, 0.29) is 0 Å². The van der Waals surface area contributed by atoms with Crippen molar-refractivity contribution in [1.29, 1.82) is 0 Å². The molecule has 0 radical (unpaired) electrons. The zero-order chi connectivity index (χ0) is 7.56. The summed E-state index contributed by atoms with van der Waals surface area (Å²) in [5, 5.41) is 0. The van der Waals surface area contributed by atoms with Gasteiger partial charge in [-0.2, -0.15) is 0 Å². The van der Waals surface area contributed by atoms with Crippen molar-refractivity contribution in [2.45, 2.75) is 19.8 Å². The molecule has 0 N–H and O–H groups in total. The van der Waals surface area contributed by atoms with E-state index in [0.717, 1.165) is 19.5 Å². The van der Waals surface area contributed by atoms with E-state index in [9.17, 15) is 4.79 Å². The summed E-state index contributed by atoms with van der Waals surface area (Å²) in [4.78, 5) is 13.1. The molecule has 0 aliphatic carbocycles. The Morgan fingerprint density at radius 3 is 2.60 bits per heavy atom. The minimum absolute atomic E-state index is 0.415. The van der Waals surface area contributed by atoms with E-state index in [4.69, 9.17) is 0 Å². The lowest BCUT2D eigenvalue weighted by atomic mass is 9.94. The van der Waals surface area contributed by atoms with Crippen LogP contribution < -0.4 is 0 Å². The molecule has 10 heavy (non-hydrogen) atoms. The van der Waals surface area contributed by atoms with Crippen LogP contribution in [0.4, 0.5) is 0 Å². The summed E-state index contributed by atoms with van der Waals surface area (Å²) in [7, 11) is 2.09. The highest BCUT2D eigenvalue weighted by Crippen LogP contribution is 2.17. The zero-order valence-electron chi connectivity index (χ0n) is 6.76. The molecule has 0 unspecified atom stereocenters. The number of rotatable bonds is 3. The predicted octanol–water partition coefficient (Wildman–Crippen LogP) is 0.917. The third kappa shape index (κ3) is 1.81. The summed E-state index contributed by atoms with van der Waals surface area (Å²) >= 11 is 0. The molecule has 1 rings (SSSR count). The molecule has 1 fully saturated rings. The summed E-state index contributed by atoms with van der Waals surface area (Å²) < 4.78 is 0. The summed E-state index contributed by atoms with van der Waals surface area (Å²) in [6, 6.07) is 0. The van der Waals surface area contributed by atoms with Crippen molar-refractivity contribution in [3.8, 4) is 0 Å². The molecule has 0 spiro atoms. The molecule has 2 nitrogen and oxygen atoms in total. The molecule has 0 saturated carbocycles. The Labute approximate surface area is 62.2 Å². The van der Waals surface area contributed by atoms with Crippen LogP contribution in [0.15, 0.2) is 0 Å². The fourth-order valence-corrected chi connectivity index (χ4v) is 1.42. The number of nitrogens with zero attached hydrogens (tertiary/aromatic N) is 1. The van der Waals surface area contributed by atoms with Crippen molar-refractivity contribution in [3.63, 3.8) is 0 Å². The molecule has 0 aromatic rings. The number of Topliss-reactive ketones (excluding diaryl/α,β-unsaturated/α-hetero) is 1. The van der Waals surface area contributed by atoms with E-state index in [1.807, 2.05) is 6.92 Å². The molecule has 1 saturated heterocycles. The summed E-state index contributed by atoms with van der Waals surface area (Å²) in [6.45, 7) is 4.17. The molecule has 0 atom stereocenters. The fourth-order valence-electron chi connectivity index (χ4n) is 1.42. The number of carbonyl (C=O) groups excluding carboxylic acids is 1. The molecule has 2 heteroatoms. The van der Waals surface area contributed by atoms with Crippen molar-refractivity contribution in [3.05, 3.63) is 0 Å². The highest BCUT2D eigenvalue weighted by atomic mass is 16.1. The molecule has 1 aliphatic heterocycles. The molecule has 0 amide bonds. The Morgan fingerprint density at radius 1 is 1.60 bits per heavy atom. The van der Waals surface area contributed by atoms with Gasteiger partial charge in [-0.25, -0.2) is 0 Å². The minimum Gasteiger partial charge on any atom is -0.306 e. The van der Waals surface area contributed by atoms with Gasteiger partial charge in [0.2, 0.25) is 0 Å². The van der Waals surface area contributed by atoms with Crippen LogP contribution in [-0.4, -0.2) is 30.8 Å². The first-order chi connectivity index (χ1) is 4.72. The second kappa shape index (κ2) is 3.15. The van der Waals surface area contributed by atoms with E-state index in [1.54, 1.807) is 0 Å². The predicted molar refractivity (Wildman–Crippen MR) is 40.9 cm³/mol. The van der Waals surface area contributed by atoms with Crippen molar-refractivity contribution < 1.29 is 4.79 Å². The van der Waals surface area contributed by atoms with Gasteiger partial charge in [0.25, 0.3) is 0 Å². The average Bonchev–Trinajstić information content (AvgIpc) is 1.84. The van der Waals surface area contributed by atoms with E-state index in [2.05, 4.69) is 11.9 Å². The number of carbonyl (C=O) groups is 1. The standard InChI is InChI=1S/C8H15NO/c1-3-8(10)4-7-5-9(2)6-7/h7H,3-6H2,1-2H3. The number of hydrogen-bond acceptors (Lipinski definition) is 2. The monoisotopic (exact) mass is 141 g/mol. The van der Waals surface area contributed by atoms with Gasteiger partial charge in [-0.05, 0) is 13.0 Å². The lowest BCUT2D eigenvalue weighted by molar-refractivity contribution is -0.120. The molecule has 0 bridgehead atoms. The normalized spacial score (nSPS) is 20.6. The van der Waals surface area contributed by atoms with Crippen LogP contribution in [0.25, 0.3) is 0 Å². The molecule has 1 heterocycles. The van der Waals surface area contributed by atoms with Gasteiger partial charge in [-0.15, -0.1) is 0 Å². The largest absolute Gasteiger partial charge is 0.306 e. The first kappa shape index (κ1) is 7.73. The Balaban J connectivity index is 2.10. The lowest BCUT2D eigenvalue weighted by Crippen LogP contribution is -2.44. The molecule has 58 valence electrons. The Bertz CT molecular complexity index is 127. The second-order valence-corrected chi connectivity index (χ2v) is 3.18. The fraction of sp³-hybridized carbons (Fsp3) is 0.875. The van der Waals surface area contributed by atoms with E-state index in [1.165, 1.54) is 0 Å². The minimum atomic E-state index is 0.415. The first-order valence-corrected chi connectivity index (χ1v) is 3.92. The maximum Gasteiger partial charge on any atom is 0.133 e. The summed E-state index contributed by atoms with van der Waals surface area (Å²) in [5.74, 6) is 1.08. The average molecular weight is 141 g/mol. The highest BCUT2D eigenvalue weighted by molar-refractivity contribution is 5.78. The molecular weight excluding hydrogens is 126 g/mol. The van der Waals surface area contributed by atoms with Crippen molar-refractivity contribution in [1.82, 2.24) is 4.90 Å². The summed E-state index contributed by atoms with van der Waals surface area (Å²) in [5.41, 5.74) is 0. The van der Waals surface area contributed by atoms with Crippen LogP contribution in [0.1, 0.15) is 19.8 Å². The maximum absolute atomic E-state index is 10.9. The maximum atomic E-state index is 10.9. The van der Waals surface area contributed by atoms with Crippen LogP contribution in [0.2, 0.25) is 0 Å². The summed E-state index contributed by atoms with van der Waals surface area (Å²) in [6.07, 6.45) is 1.51. The Morgan fingerprint density at radius 2 is 2.20 bits per heavy atom. The van der Waals surface area contributed by atoms with Gasteiger partial charge < -0.3 is 4.90 Å². The quantitative estimate of drug-likeness (QED) is 0.582. The van der Waals surface area contributed by atoms with Gasteiger partial charge in [0.05, 0.1) is 0 Å². The van der Waals surface area contributed by atoms with Crippen molar-refractivity contribution >= 4 is 5.78 Å². The van der Waals surface area contributed by atoms with Gasteiger partial charge in [-0.1, -0.05) is 6.92 Å². The van der Waals surface area contributed by atoms with Crippen molar-refractivity contribution in [2.24, 2.45) is 5.92 Å². The zero-order valence-corrected chi connectivity index (χ0v) is 6.76. The first-order valence-electron chi connectivity index (χ1n) is 3.92. The number of hydrogen-bond donors (Lipinski definition) is 0. The number of likely N-dealkylation sites (tertiary alicyclic amines) is 1. The molecule has 0 aromatic carbocycles. The van der Waals surface area contributed by atoms with Crippen LogP contribution in [0, 0.1) is 5.92 Å². The second-order valence-electron chi connectivity index (χ2n) is 3.18. The van der Waals surface area contributed by atoms with Crippen LogP contribution >= 0.6 is 0 Å². The Hall–Kier alpha value is -0.370. The van der Waals surface area contributed by atoms with Gasteiger partial charge in [0.1, 0.15) is 5.78 Å². The third-order valence-corrected chi connectivity index (χ3v) is 2.05. The SMILES string of the molecule is CCC(=O)CC1CN(C)C1. The molecule has 1 aliphatic rings. The van der Waals surface area contributed by atoms with Gasteiger partial charge in [0.15, 0.2) is 0 Å². The van der Waals surface area contributed by atoms with Crippen LogP contribution in [0.5, 0.6) is 0 Å². The van der Waals surface area contributed by atoms with E-state index < -0.39 is 0 Å². The van der Waals surface area contributed by atoms with Crippen LogP contribution in [0.3, 0.4) is 0 Å². The van der Waals surface area contributed by atoms with Gasteiger partial charge in [-0.3, -0.25) is 4.79 Å². The molecule has 0 aromatic heterocycles. The Kier molecular flexibility index (Phi) is 2.44. The van der Waals surface area contributed by atoms with Crippen LogP contribution in [-0.2, 0) is 4.79 Å².